The summed E-state index contributed by atoms with van der Waals surface area (Å²) in [4.78, 5) is 11.5. The molecule has 1 aromatic carbocycles. The van der Waals surface area contributed by atoms with Crippen molar-refractivity contribution in [1.29, 1.82) is 0 Å². The highest BCUT2D eigenvalue weighted by molar-refractivity contribution is 5.91. The molecular formula is C14H16NO+. The Morgan fingerprint density at radius 2 is 2.00 bits per heavy atom. The average molecular weight is 214 g/mol. The van der Waals surface area contributed by atoms with Crippen LogP contribution in [0.3, 0.4) is 0 Å². The van der Waals surface area contributed by atoms with Gasteiger partial charge in [-0.3, -0.25) is 4.79 Å². The van der Waals surface area contributed by atoms with E-state index in [4.69, 9.17) is 0 Å². The lowest BCUT2D eigenvalue weighted by Crippen LogP contribution is -2.20. The van der Waals surface area contributed by atoms with E-state index >= 15 is 0 Å². The summed E-state index contributed by atoms with van der Waals surface area (Å²) in [5.74, 6) is 0.145. The fourth-order valence-corrected chi connectivity index (χ4v) is 1.94. The van der Waals surface area contributed by atoms with Crippen molar-refractivity contribution in [2.24, 2.45) is 0 Å². The van der Waals surface area contributed by atoms with Gasteiger partial charge in [0.25, 0.3) is 0 Å². The molecule has 0 bridgehead atoms. The van der Waals surface area contributed by atoms with Gasteiger partial charge in [0.1, 0.15) is 6.21 Å². The zero-order chi connectivity index (χ0) is 11.4. The molecule has 1 aromatic rings. The lowest BCUT2D eigenvalue weighted by molar-refractivity contribution is -0.486. The molecule has 0 radical (unpaired) electrons. The second-order valence-electron chi connectivity index (χ2n) is 4.02. The number of ketones is 1. The molecule has 0 fully saturated rings. The van der Waals surface area contributed by atoms with Crippen LogP contribution in [0.25, 0.3) is 0 Å². The number of carbonyl (C=O) groups excluding carboxylic acids is 1. The molecule has 1 heterocycles. The van der Waals surface area contributed by atoms with Crippen molar-refractivity contribution in [3.8, 4) is 0 Å². The van der Waals surface area contributed by atoms with Gasteiger partial charge in [-0.2, -0.15) is 4.58 Å². The number of rotatable bonds is 3. The SMILES string of the molecule is CC(=O)C1=CCCC=[N+]1Cc1ccccc1. The van der Waals surface area contributed by atoms with Crippen LogP contribution in [0.4, 0.5) is 0 Å². The fraction of sp³-hybridized carbons (Fsp3) is 0.286. The molecule has 0 saturated carbocycles. The van der Waals surface area contributed by atoms with Gasteiger partial charge in [0.15, 0.2) is 6.54 Å². The van der Waals surface area contributed by atoms with E-state index in [9.17, 15) is 4.79 Å². The highest BCUT2D eigenvalue weighted by Gasteiger charge is 2.20. The van der Waals surface area contributed by atoms with E-state index in [1.54, 1.807) is 6.92 Å². The van der Waals surface area contributed by atoms with Crippen LogP contribution in [0.5, 0.6) is 0 Å². The van der Waals surface area contributed by atoms with Gasteiger partial charge < -0.3 is 0 Å². The quantitative estimate of drug-likeness (QED) is 0.708. The van der Waals surface area contributed by atoms with Gasteiger partial charge in [-0.1, -0.05) is 30.3 Å². The summed E-state index contributed by atoms with van der Waals surface area (Å²) in [6.07, 6.45) is 6.14. The summed E-state index contributed by atoms with van der Waals surface area (Å²) < 4.78 is 2.06. The van der Waals surface area contributed by atoms with Crippen molar-refractivity contribution >= 4 is 12.0 Å². The first-order chi connectivity index (χ1) is 7.77. The lowest BCUT2D eigenvalue weighted by atomic mass is 10.1. The number of hydrogen-bond donors (Lipinski definition) is 0. The summed E-state index contributed by atoms with van der Waals surface area (Å²) in [5.41, 5.74) is 2.06. The van der Waals surface area contributed by atoms with E-state index in [0.717, 1.165) is 25.1 Å². The monoisotopic (exact) mass is 214 g/mol. The predicted octanol–water partition coefficient (Wildman–Crippen LogP) is 2.54. The van der Waals surface area contributed by atoms with Crippen LogP contribution in [0, 0.1) is 0 Å². The zero-order valence-electron chi connectivity index (χ0n) is 9.52. The summed E-state index contributed by atoms with van der Waals surface area (Å²) in [6.45, 7) is 2.41. The van der Waals surface area contributed by atoms with Crippen molar-refractivity contribution in [2.45, 2.75) is 26.3 Å². The molecule has 16 heavy (non-hydrogen) atoms. The molecule has 0 aliphatic carbocycles. The molecule has 1 aliphatic heterocycles. The molecule has 0 saturated heterocycles. The van der Waals surface area contributed by atoms with Crippen LogP contribution in [0.2, 0.25) is 0 Å². The summed E-state index contributed by atoms with van der Waals surface area (Å²) in [6, 6.07) is 10.2. The van der Waals surface area contributed by atoms with E-state index in [1.807, 2.05) is 24.3 Å². The van der Waals surface area contributed by atoms with Gasteiger partial charge in [-0.15, -0.1) is 0 Å². The molecule has 2 rings (SSSR count). The molecule has 0 N–H and O–H groups in total. The lowest BCUT2D eigenvalue weighted by Gasteiger charge is -2.08. The second kappa shape index (κ2) is 4.88. The van der Waals surface area contributed by atoms with Crippen LogP contribution in [0.15, 0.2) is 42.1 Å². The predicted molar refractivity (Wildman–Crippen MR) is 64.5 cm³/mol. The maximum Gasteiger partial charge on any atom is 0.244 e. The molecule has 0 aromatic heterocycles. The minimum Gasteiger partial charge on any atom is -0.288 e. The van der Waals surface area contributed by atoms with Crippen molar-refractivity contribution < 1.29 is 9.37 Å². The third-order valence-electron chi connectivity index (χ3n) is 2.72. The smallest absolute Gasteiger partial charge is 0.244 e. The van der Waals surface area contributed by atoms with Gasteiger partial charge in [0, 0.05) is 18.9 Å². The largest absolute Gasteiger partial charge is 0.288 e. The van der Waals surface area contributed by atoms with Crippen LogP contribution < -0.4 is 0 Å². The van der Waals surface area contributed by atoms with Gasteiger partial charge in [-0.25, -0.2) is 0 Å². The van der Waals surface area contributed by atoms with Crippen molar-refractivity contribution in [1.82, 2.24) is 0 Å². The summed E-state index contributed by atoms with van der Waals surface area (Å²) in [5, 5.41) is 0. The Labute approximate surface area is 95.9 Å². The minimum atomic E-state index is 0.145. The van der Waals surface area contributed by atoms with Crippen molar-refractivity contribution in [3.63, 3.8) is 0 Å². The number of Topliss-reactive ketones (excluding diaryl/α,β-unsaturated/α-hetero) is 1. The van der Waals surface area contributed by atoms with Gasteiger partial charge in [-0.05, 0) is 12.5 Å². The number of nitrogens with zero attached hydrogens (tertiary/aromatic N) is 1. The number of benzene rings is 1. The topological polar surface area (TPSA) is 20.1 Å². The normalized spacial score (nSPS) is 15.3. The average Bonchev–Trinajstić information content (AvgIpc) is 2.31. The Morgan fingerprint density at radius 3 is 2.69 bits per heavy atom. The van der Waals surface area contributed by atoms with Crippen LogP contribution in [-0.4, -0.2) is 16.6 Å². The molecule has 1 aliphatic rings. The highest BCUT2D eigenvalue weighted by Crippen LogP contribution is 2.11. The minimum absolute atomic E-state index is 0.145. The summed E-state index contributed by atoms with van der Waals surface area (Å²) in [7, 11) is 0. The van der Waals surface area contributed by atoms with Gasteiger partial charge in [0.2, 0.25) is 11.5 Å². The van der Waals surface area contributed by atoms with E-state index in [-0.39, 0.29) is 5.78 Å². The first-order valence-electron chi connectivity index (χ1n) is 5.62. The highest BCUT2D eigenvalue weighted by atomic mass is 16.1. The maximum absolute atomic E-state index is 11.5. The maximum atomic E-state index is 11.5. The number of carbonyl (C=O) groups is 1. The molecule has 0 unspecified atom stereocenters. The Bertz CT molecular complexity index is 443. The molecule has 82 valence electrons. The molecule has 0 spiro atoms. The molecule has 2 nitrogen and oxygen atoms in total. The van der Waals surface area contributed by atoms with Crippen molar-refractivity contribution in [3.05, 3.63) is 47.7 Å². The zero-order valence-corrected chi connectivity index (χ0v) is 9.52. The van der Waals surface area contributed by atoms with E-state index < -0.39 is 0 Å². The molecule has 2 heteroatoms. The van der Waals surface area contributed by atoms with E-state index in [2.05, 4.69) is 22.9 Å². The van der Waals surface area contributed by atoms with Gasteiger partial charge in [0.05, 0.1) is 0 Å². The summed E-state index contributed by atoms with van der Waals surface area (Å²) >= 11 is 0. The third kappa shape index (κ3) is 2.45. The first kappa shape index (κ1) is 10.8. The first-order valence-corrected chi connectivity index (χ1v) is 5.62. The molecule has 0 atom stereocenters. The Balaban J connectivity index is 2.18. The number of allylic oxidation sites excluding steroid dienone is 2. The Hall–Kier alpha value is -1.70. The standard InChI is InChI=1S/C14H16NO/c1-12(16)14-9-5-6-10-15(14)11-13-7-3-2-4-8-13/h2-4,7-10H,5-6,11H2,1H3/q+1. The van der Waals surface area contributed by atoms with Gasteiger partial charge >= 0.3 is 0 Å². The van der Waals surface area contributed by atoms with E-state index in [1.165, 1.54) is 5.56 Å². The van der Waals surface area contributed by atoms with E-state index in [0.29, 0.717) is 0 Å². The van der Waals surface area contributed by atoms with Crippen LogP contribution >= 0.6 is 0 Å². The van der Waals surface area contributed by atoms with Crippen LogP contribution in [0.1, 0.15) is 25.3 Å². The molecular weight excluding hydrogens is 198 g/mol. The Morgan fingerprint density at radius 1 is 1.25 bits per heavy atom. The van der Waals surface area contributed by atoms with Crippen molar-refractivity contribution in [2.75, 3.05) is 0 Å². The second-order valence-corrected chi connectivity index (χ2v) is 4.02. The Kier molecular flexibility index (Phi) is 3.30. The van der Waals surface area contributed by atoms with Crippen LogP contribution in [-0.2, 0) is 11.3 Å². The molecule has 0 amide bonds. The third-order valence-corrected chi connectivity index (χ3v) is 2.72. The number of hydrogen-bond acceptors (Lipinski definition) is 1. The fourth-order valence-electron chi connectivity index (χ4n) is 1.94.